The van der Waals surface area contributed by atoms with Gasteiger partial charge in [0.15, 0.2) is 0 Å². The van der Waals surface area contributed by atoms with Gasteiger partial charge in [0, 0.05) is 22.5 Å². The van der Waals surface area contributed by atoms with Crippen LogP contribution in [0.4, 0.5) is 5.69 Å². The van der Waals surface area contributed by atoms with Crippen LogP contribution in [0, 0.1) is 6.92 Å². The predicted molar refractivity (Wildman–Crippen MR) is 141 cm³/mol. The Morgan fingerprint density at radius 1 is 0.971 bits per heavy atom. The van der Waals surface area contributed by atoms with E-state index in [0.717, 1.165) is 36.9 Å². The first-order chi connectivity index (χ1) is 16.8. The Bertz CT molecular complexity index is 1330. The smallest absolute Gasteiger partial charge is 0.332 e. The zero-order chi connectivity index (χ0) is 25.0. The first-order valence-electron chi connectivity index (χ1n) is 11.6. The van der Waals surface area contributed by atoms with Crippen molar-refractivity contribution >= 4 is 25.4 Å². The van der Waals surface area contributed by atoms with Gasteiger partial charge in [0.05, 0.1) is 6.20 Å². The van der Waals surface area contributed by atoms with Crippen molar-refractivity contribution in [2.45, 2.75) is 32.5 Å². The second kappa shape index (κ2) is 10.5. The van der Waals surface area contributed by atoms with Crippen LogP contribution < -0.4 is 9.04 Å². The molecule has 4 rings (SSSR count). The van der Waals surface area contributed by atoms with E-state index in [-0.39, 0.29) is 34.3 Å². The van der Waals surface area contributed by atoms with E-state index in [4.69, 9.17) is 4.74 Å². The summed E-state index contributed by atoms with van der Waals surface area (Å²) in [7, 11) is -4.33. The molecule has 0 unspecified atom stereocenters. The maximum Gasteiger partial charge on any atom is 0.332 e. The van der Waals surface area contributed by atoms with Crippen molar-refractivity contribution in [3.63, 3.8) is 0 Å². The lowest BCUT2D eigenvalue weighted by atomic mass is 10.0. The van der Waals surface area contributed by atoms with Crippen LogP contribution in [0.1, 0.15) is 22.3 Å². The van der Waals surface area contributed by atoms with E-state index in [9.17, 15) is 18.6 Å². The van der Waals surface area contributed by atoms with Crippen LogP contribution in [0.5, 0.6) is 11.5 Å². The Hall–Kier alpha value is -3.43. The summed E-state index contributed by atoms with van der Waals surface area (Å²) in [4.78, 5) is 0. The maximum absolute atomic E-state index is 13.3. The molecule has 0 aliphatic carbocycles. The number of anilines is 1. The van der Waals surface area contributed by atoms with Crippen LogP contribution in [0.2, 0.25) is 12.6 Å². The topological polar surface area (TPSA) is 90.3 Å². The molecule has 7 nitrogen and oxygen atoms in total. The molecule has 0 spiro atoms. The minimum absolute atomic E-state index is 0.205. The molecule has 0 radical (unpaired) electrons. The number of hydrogen-bond donors (Lipinski definition) is 2. The molecule has 0 fully saturated rings. The van der Waals surface area contributed by atoms with Gasteiger partial charge in [-0.15, -0.1) is 0 Å². The zero-order valence-electron chi connectivity index (χ0n) is 19.9. The van der Waals surface area contributed by atoms with E-state index >= 15 is 0 Å². The van der Waals surface area contributed by atoms with Crippen molar-refractivity contribution in [3.8, 4) is 11.5 Å². The molecule has 2 N–H and O–H groups in total. The van der Waals surface area contributed by atoms with Crippen molar-refractivity contribution in [3.05, 3.63) is 101 Å². The third kappa shape index (κ3) is 5.46. The number of aliphatic hydroxyl groups excluding tert-OH is 1. The quantitative estimate of drug-likeness (QED) is 0.421. The molecule has 0 atom stereocenters. The Balaban J connectivity index is 1.70. The van der Waals surface area contributed by atoms with Gasteiger partial charge in [0.1, 0.15) is 23.8 Å². The standard InChI is InChI=1S/C26H30N2O5SSi/c1-19-8-11-24(29)22(14-19)15-21-9-10-23(25(16-21)33-18-20-6-4-3-5-7-20)28-17-26(30)27(12-13-35-2)34(28,31)32/h3-11,14,16-17,29-30H,12-13,15,18,35H2,1-2H3. The van der Waals surface area contributed by atoms with Crippen LogP contribution in [0.25, 0.3) is 0 Å². The summed E-state index contributed by atoms with van der Waals surface area (Å²) in [5.41, 5.74) is 3.93. The molecule has 3 aromatic carbocycles. The summed E-state index contributed by atoms with van der Waals surface area (Å²) in [5.74, 6) is 0.282. The van der Waals surface area contributed by atoms with Gasteiger partial charge in [-0.2, -0.15) is 8.42 Å². The molecule has 0 amide bonds. The van der Waals surface area contributed by atoms with Crippen LogP contribution in [0.15, 0.2) is 78.8 Å². The summed E-state index contributed by atoms with van der Waals surface area (Å²) >= 11 is 0. The molecule has 3 aromatic rings. The number of rotatable bonds is 9. The Morgan fingerprint density at radius 2 is 1.74 bits per heavy atom. The number of aliphatic hydroxyl groups is 1. The molecule has 0 saturated heterocycles. The Labute approximate surface area is 208 Å². The summed E-state index contributed by atoms with van der Waals surface area (Å²) in [6.45, 7) is 4.57. The summed E-state index contributed by atoms with van der Waals surface area (Å²) in [5, 5.41) is 20.7. The van der Waals surface area contributed by atoms with Crippen LogP contribution in [-0.2, 0) is 23.2 Å². The molecule has 35 heavy (non-hydrogen) atoms. The van der Waals surface area contributed by atoms with Crippen molar-refractivity contribution in [2.24, 2.45) is 0 Å². The highest BCUT2D eigenvalue weighted by Gasteiger charge is 2.38. The molecule has 1 heterocycles. The van der Waals surface area contributed by atoms with E-state index in [0.29, 0.717) is 17.9 Å². The number of benzene rings is 3. The zero-order valence-corrected chi connectivity index (χ0v) is 22.1. The fourth-order valence-corrected chi connectivity index (χ4v) is 6.31. The van der Waals surface area contributed by atoms with Gasteiger partial charge in [0.2, 0.25) is 5.88 Å². The average Bonchev–Trinajstić information content (AvgIpc) is 3.07. The fraction of sp³-hybridized carbons (Fsp3) is 0.231. The van der Waals surface area contributed by atoms with Gasteiger partial charge >= 0.3 is 10.2 Å². The number of phenols is 1. The first kappa shape index (κ1) is 24.7. The number of nitrogens with zero attached hydrogens (tertiary/aromatic N) is 2. The van der Waals surface area contributed by atoms with Gasteiger partial charge in [-0.25, -0.2) is 8.61 Å². The SMILES string of the molecule is C[SiH2]CCN1C(O)=CN(c2ccc(Cc3cc(C)ccc3O)cc2OCc2ccccc2)S1(=O)=O. The highest BCUT2D eigenvalue weighted by Crippen LogP contribution is 2.38. The number of aromatic hydroxyl groups is 1. The van der Waals surface area contributed by atoms with Crippen molar-refractivity contribution < 1.29 is 23.4 Å². The molecule has 0 aromatic heterocycles. The number of aryl methyl sites for hydroxylation is 1. The Kier molecular flexibility index (Phi) is 7.37. The largest absolute Gasteiger partial charge is 0.508 e. The lowest BCUT2D eigenvalue weighted by molar-refractivity contribution is 0.294. The van der Waals surface area contributed by atoms with Gasteiger partial charge in [-0.3, -0.25) is 0 Å². The lowest BCUT2D eigenvalue weighted by Gasteiger charge is -2.23. The van der Waals surface area contributed by atoms with Gasteiger partial charge in [-0.05, 0) is 47.9 Å². The summed E-state index contributed by atoms with van der Waals surface area (Å²) in [6.07, 6.45) is 1.68. The Morgan fingerprint density at radius 3 is 2.49 bits per heavy atom. The average molecular weight is 511 g/mol. The summed E-state index contributed by atoms with van der Waals surface area (Å²) < 4.78 is 34.8. The molecule has 1 aliphatic heterocycles. The molecule has 0 saturated carbocycles. The minimum atomic E-state index is -3.97. The first-order valence-corrected chi connectivity index (χ1v) is 15.4. The lowest BCUT2D eigenvalue weighted by Crippen LogP contribution is -2.35. The fourth-order valence-electron chi connectivity index (χ4n) is 3.96. The minimum Gasteiger partial charge on any atom is -0.508 e. The van der Waals surface area contributed by atoms with Gasteiger partial charge in [0.25, 0.3) is 0 Å². The van der Waals surface area contributed by atoms with E-state index in [2.05, 4.69) is 6.55 Å². The maximum atomic E-state index is 13.3. The highest BCUT2D eigenvalue weighted by atomic mass is 32.2. The third-order valence-corrected chi connectivity index (χ3v) is 8.61. The number of phenolic OH excluding ortho intramolecular Hbond substituents is 1. The number of ether oxygens (including phenoxy) is 1. The third-order valence-electron chi connectivity index (χ3n) is 5.86. The number of hydrogen-bond acceptors (Lipinski definition) is 5. The van der Waals surface area contributed by atoms with Gasteiger partial charge in [-0.1, -0.05) is 60.6 Å². The normalized spacial score (nSPS) is 15.1. The second-order valence-electron chi connectivity index (χ2n) is 8.60. The van der Waals surface area contributed by atoms with E-state index < -0.39 is 10.2 Å². The molecule has 0 bridgehead atoms. The predicted octanol–water partition coefficient (Wildman–Crippen LogP) is 4.23. The van der Waals surface area contributed by atoms with Crippen LogP contribution >= 0.6 is 0 Å². The molecule has 1 aliphatic rings. The van der Waals surface area contributed by atoms with Crippen molar-refractivity contribution in [1.29, 1.82) is 0 Å². The van der Waals surface area contributed by atoms with E-state index in [1.54, 1.807) is 18.2 Å². The highest BCUT2D eigenvalue weighted by molar-refractivity contribution is 7.91. The van der Waals surface area contributed by atoms with E-state index in [1.165, 1.54) is 6.20 Å². The second-order valence-corrected chi connectivity index (χ2v) is 12.0. The molecule has 184 valence electrons. The van der Waals surface area contributed by atoms with Crippen molar-refractivity contribution in [2.75, 3.05) is 10.8 Å². The van der Waals surface area contributed by atoms with E-state index in [1.807, 2.05) is 55.5 Å². The summed E-state index contributed by atoms with van der Waals surface area (Å²) in [6, 6.07) is 21.1. The van der Waals surface area contributed by atoms with Crippen molar-refractivity contribution in [1.82, 2.24) is 4.31 Å². The molecule has 9 heteroatoms. The van der Waals surface area contributed by atoms with Gasteiger partial charge < -0.3 is 14.9 Å². The monoisotopic (exact) mass is 510 g/mol. The van der Waals surface area contributed by atoms with Crippen LogP contribution in [-0.4, -0.2) is 39.0 Å². The van der Waals surface area contributed by atoms with Crippen LogP contribution in [0.3, 0.4) is 0 Å². The molecular formula is C26H30N2O5SSi. The molecular weight excluding hydrogens is 480 g/mol.